The van der Waals surface area contributed by atoms with Gasteiger partial charge in [0, 0.05) is 11.6 Å². The van der Waals surface area contributed by atoms with Gasteiger partial charge in [0.25, 0.3) is 5.91 Å². The maximum Gasteiger partial charge on any atom is 0.255 e. The minimum atomic E-state index is -3.12. The summed E-state index contributed by atoms with van der Waals surface area (Å²) >= 11 is 11.6. The second-order valence-corrected chi connectivity index (χ2v) is 7.70. The first-order chi connectivity index (χ1) is 9.82. The van der Waals surface area contributed by atoms with E-state index in [-0.39, 0.29) is 33.9 Å². The molecule has 0 aliphatic carbocycles. The van der Waals surface area contributed by atoms with Gasteiger partial charge in [0.1, 0.15) is 10.3 Å². The van der Waals surface area contributed by atoms with Crippen molar-refractivity contribution in [3.63, 3.8) is 0 Å². The first-order valence-corrected chi connectivity index (χ1v) is 8.68. The van der Waals surface area contributed by atoms with Gasteiger partial charge in [-0.05, 0) is 18.6 Å². The molecule has 1 saturated heterocycles. The fraction of sp³-hybridized carbons (Fsp3) is 0.385. The topological polar surface area (TPSA) is 67.3 Å². The summed E-state index contributed by atoms with van der Waals surface area (Å²) in [6.07, 6.45) is 5.66. The zero-order valence-corrected chi connectivity index (χ0v) is 13.2. The summed E-state index contributed by atoms with van der Waals surface area (Å²) in [6.45, 7) is 0.0244. The Labute approximate surface area is 133 Å². The van der Waals surface area contributed by atoms with E-state index >= 15 is 0 Å². The molecule has 0 aromatic carbocycles. The lowest BCUT2D eigenvalue weighted by molar-refractivity contribution is 0.0724. The quantitative estimate of drug-likeness (QED) is 0.616. The van der Waals surface area contributed by atoms with Crippen molar-refractivity contribution in [1.29, 1.82) is 0 Å². The number of carbonyl (C=O) groups excluding carboxylic acids is 1. The van der Waals surface area contributed by atoms with Crippen LogP contribution in [0.15, 0.2) is 12.1 Å². The van der Waals surface area contributed by atoms with Gasteiger partial charge < -0.3 is 4.90 Å². The molecule has 1 aromatic heterocycles. The third-order valence-corrected chi connectivity index (χ3v) is 5.32. The lowest BCUT2D eigenvalue weighted by atomic mass is 10.1. The Morgan fingerprint density at radius 1 is 1.43 bits per heavy atom. The summed E-state index contributed by atoms with van der Waals surface area (Å²) in [4.78, 5) is 17.7. The highest BCUT2D eigenvalue weighted by Gasteiger charge is 2.34. The standard InChI is InChI=1S/C13H12Cl2N2O3S/c1-2-4-17(10-3-5-21(19,20)8-10)13(18)9-6-11(14)16-12(15)7-9/h1,6-7,10H,3-5,8H2. The van der Waals surface area contributed by atoms with Crippen LogP contribution in [0.3, 0.4) is 0 Å². The number of rotatable bonds is 3. The zero-order chi connectivity index (χ0) is 15.6. The lowest BCUT2D eigenvalue weighted by Gasteiger charge is -2.26. The Kier molecular flexibility index (Phi) is 4.77. The summed E-state index contributed by atoms with van der Waals surface area (Å²) in [5.41, 5.74) is 0.236. The fourth-order valence-electron chi connectivity index (χ4n) is 2.24. The highest BCUT2D eigenvalue weighted by molar-refractivity contribution is 7.91. The second kappa shape index (κ2) is 6.22. The smallest absolute Gasteiger partial charge is 0.255 e. The molecule has 2 heterocycles. The van der Waals surface area contributed by atoms with Crippen molar-refractivity contribution in [1.82, 2.24) is 9.88 Å². The number of amides is 1. The van der Waals surface area contributed by atoms with E-state index in [0.717, 1.165) is 0 Å². The molecule has 1 fully saturated rings. The van der Waals surface area contributed by atoms with Crippen LogP contribution in [0.1, 0.15) is 16.8 Å². The summed E-state index contributed by atoms with van der Waals surface area (Å²) in [7, 11) is -3.12. The molecule has 5 nitrogen and oxygen atoms in total. The van der Waals surface area contributed by atoms with Crippen LogP contribution in [0.2, 0.25) is 10.3 Å². The van der Waals surface area contributed by atoms with Crippen molar-refractivity contribution in [3.05, 3.63) is 28.0 Å². The van der Waals surface area contributed by atoms with Crippen LogP contribution in [-0.4, -0.2) is 48.3 Å². The molecular weight excluding hydrogens is 335 g/mol. The van der Waals surface area contributed by atoms with Crippen LogP contribution in [-0.2, 0) is 9.84 Å². The molecule has 0 spiro atoms. The Morgan fingerprint density at radius 2 is 2.05 bits per heavy atom. The van der Waals surface area contributed by atoms with Crippen molar-refractivity contribution in [2.45, 2.75) is 12.5 Å². The summed E-state index contributed by atoms with van der Waals surface area (Å²) < 4.78 is 23.2. The third kappa shape index (κ3) is 3.88. The number of sulfone groups is 1. The van der Waals surface area contributed by atoms with E-state index in [1.165, 1.54) is 17.0 Å². The molecule has 0 bridgehead atoms. The lowest BCUT2D eigenvalue weighted by Crippen LogP contribution is -2.41. The molecule has 1 aliphatic heterocycles. The number of aromatic nitrogens is 1. The van der Waals surface area contributed by atoms with Gasteiger partial charge in [0.15, 0.2) is 9.84 Å². The van der Waals surface area contributed by atoms with Gasteiger partial charge in [-0.3, -0.25) is 4.79 Å². The van der Waals surface area contributed by atoms with Crippen LogP contribution < -0.4 is 0 Å². The van der Waals surface area contributed by atoms with Crippen molar-refractivity contribution in [2.75, 3.05) is 18.1 Å². The predicted molar refractivity (Wildman–Crippen MR) is 81.2 cm³/mol. The van der Waals surface area contributed by atoms with Crippen LogP contribution in [0.4, 0.5) is 0 Å². The highest BCUT2D eigenvalue weighted by atomic mass is 35.5. The SMILES string of the molecule is C#CCN(C(=O)c1cc(Cl)nc(Cl)c1)C1CCS(=O)(=O)C1. The molecule has 1 unspecified atom stereocenters. The maximum absolute atomic E-state index is 12.5. The normalized spacial score (nSPS) is 20.0. The van der Waals surface area contributed by atoms with Gasteiger partial charge in [0.05, 0.1) is 18.1 Å². The maximum atomic E-state index is 12.5. The van der Waals surface area contributed by atoms with Gasteiger partial charge in [-0.2, -0.15) is 0 Å². The van der Waals surface area contributed by atoms with Gasteiger partial charge in [-0.25, -0.2) is 13.4 Å². The molecule has 1 aromatic rings. The molecule has 0 N–H and O–H groups in total. The molecule has 1 atom stereocenters. The molecule has 21 heavy (non-hydrogen) atoms. The Morgan fingerprint density at radius 3 is 2.52 bits per heavy atom. The molecule has 0 radical (unpaired) electrons. The van der Waals surface area contributed by atoms with E-state index in [1.807, 2.05) is 0 Å². The fourth-order valence-corrected chi connectivity index (χ4v) is 4.43. The molecule has 8 heteroatoms. The number of halogens is 2. The minimum absolute atomic E-state index is 0.0244. The molecule has 1 amide bonds. The summed E-state index contributed by atoms with van der Waals surface area (Å²) in [5, 5.41) is 0.177. The number of hydrogen-bond donors (Lipinski definition) is 0. The molecular formula is C13H12Cl2N2O3S. The Balaban J connectivity index is 2.30. The number of carbonyl (C=O) groups is 1. The van der Waals surface area contributed by atoms with Crippen molar-refractivity contribution in [3.8, 4) is 12.3 Å². The summed E-state index contributed by atoms with van der Waals surface area (Å²) in [5.74, 6) is 1.96. The largest absolute Gasteiger partial charge is 0.323 e. The zero-order valence-electron chi connectivity index (χ0n) is 10.9. The molecule has 0 saturated carbocycles. The number of terminal acetylenes is 1. The third-order valence-electron chi connectivity index (χ3n) is 3.18. The number of pyridine rings is 1. The van der Waals surface area contributed by atoms with E-state index in [1.54, 1.807) is 0 Å². The predicted octanol–water partition coefficient (Wildman–Crippen LogP) is 1.65. The van der Waals surface area contributed by atoms with E-state index in [0.29, 0.717) is 6.42 Å². The number of hydrogen-bond acceptors (Lipinski definition) is 4. The van der Waals surface area contributed by atoms with Crippen LogP contribution >= 0.6 is 23.2 Å². The van der Waals surface area contributed by atoms with E-state index < -0.39 is 21.8 Å². The van der Waals surface area contributed by atoms with Crippen LogP contribution in [0, 0.1) is 12.3 Å². The van der Waals surface area contributed by atoms with Gasteiger partial charge in [0.2, 0.25) is 0 Å². The first kappa shape index (κ1) is 16.1. The second-order valence-electron chi connectivity index (χ2n) is 4.70. The van der Waals surface area contributed by atoms with Crippen LogP contribution in [0.25, 0.3) is 0 Å². The molecule has 1 aliphatic rings. The van der Waals surface area contributed by atoms with Gasteiger partial charge in [-0.15, -0.1) is 6.42 Å². The first-order valence-electron chi connectivity index (χ1n) is 6.10. The average Bonchev–Trinajstić information content (AvgIpc) is 2.74. The highest BCUT2D eigenvalue weighted by Crippen LogP contribution is 2.22. The van der Waals surface area contributed by atoms with Crippen molar-refractivity contribution in [2.24, 2.45) is 0 Å². The van der Waals surface area contributed by atoms with Crippen molar-refractivity contribution < 1.29 is 13.2 Å². The molecule has 2 rings (SSSR count). The molecule has 112 valence electrons. The van der Waals surface area contributed by atoms with E-state index in [2.05, 4.69) is 10.9 Å². The van der Waals surface area contributed by atoms with Gasteiger partial charge in [-0.1, -0.05) is 29.1 Å². The van der Waals surface area contributed by atoms with Crippen LogP contribution in [0.5, 0.6) is 0 Å². The summed E-state index contributed by atoms with van der Waals surface area (Å²) in [6, 6.07) is 2.33. The Bertz CT molecular complexity index is 692. The Hall–Kier alpha value is -1.29. The monoisotopic (exact) mass is 346 g/mol. The minimum Gasteiger partial charge on any atom is -0.323 e. The van der Waals surface area contributed by atoms with E-state index in [9.17, 15) is 13.2 Å². The van der Waals surface area contributed by atoms with Crippen molar-refractivity contribution >= 4 is 38.9 Å². The van der Waals surface area contributed by atoms with E-state index in [4.69, 9.17) is 29.6 Å². The average molecular weight is 347 g/mol. The number of nitrogens with zero attached hydrogens (tertiary/aromatic N) is 2. The van der Waals surface area contributed by atoms with Gasteiger partial charge >= 0.3 is 0 Å².